The molecule has 0 radical (unpaired) electrons. The number of thioether (sulfide) groups is 1. The lowest BCUT2D eigenvalue weighted by atomic mass is 9.87. The molecule has 0 bridgehead atoms. The van der Waals surface area contributed by atoms with Crippen LogP contribution in [0.1, 0.15) is 123 Å². The van der Waals surface area contributed by atoms with Crippen LogP contribution in [0, 0.1) is 10.8 Å². The number of anilines is 2. The number of aliphatic hydroxyl groups excluding tert-OH is 17. The summed E-state index contributed by atoms with van der Waals surface area (Å²) in [6.45, 7) is -1.44. The highest BCUT2D eigenvalue weighted by atomic mass is 32.2. The van der Waals surface area contributed by atoms with E-state index in [1.807, 2.05) is 0 Å². The fraction of sp³-hybridized carbons (Fsp3) is 0.618. The minimum absolute atomic E-state index is 0.0197. The van der Waals surface area contributed by atoms with Crippen molar-refractivity contribution >= 4 is 159 Å². The van der Waals surface area contributed by atoms with Gasteiger partial charge in [0.2, 0.25) is 77.7 Å². The van der Waals surface area contributed by atoms with Crippen LogP contribution in [0.2, 0.25) is 0 Å². The average Bonchev–Trinajstić information content (AvgIpc) is 1.39. The second kappa shape index (κ2) is 54.1. The lowest BCUT2D eigenvalue weighted by Gasteiger charge is -2.47. The summed E-state index contributed by atoms with van der Waals surface area (Å²) in [7, 11) is -16.8. The van der Waals surface area contributed by atoms with Crippen LogP contribution in [-0.2, 0) is 55.5 Å². The number of phosphoric ester groups is 3. The van der Waals surface area contributed by atoms with Gasteiger partial charge in [-0.05, 0) is 96.7 Å². The Kier molecular flexibility index (Phi) is 44.7. The van der Waals surface area contributed by atoms with Gasteiger partial charge in [-0.15, -0.1) is 0 Å². The monoisotopic (exact) mass is 2080 g/mol. The quantitative estimate of drug-likeness (QED) is 0.00481. The highest BCUT2D eigenvalue weighted by Gasteiger charge is 2.51. The number of aliphatic imine (C=N–C) groups is 11. The molecule has 3 aromatic rings. The van der Waals surface area contributed by atoms with Crippen molar-refractivity contribution in [2.24, 2.45) is 66.1 Å². The maximum Gasteiger partial charge on any atom is 0.481 e. The van der Waals surface area contributed by atoms with E-state index < -0.39 is 278 Å². The van der Waals surface area contributed by atoms with Crippen molar-refractivity contribution in [3.63, 3.8) is 0 Å². The maximum atomic E-state index is 13.7. The molecule has 786 valence electrons. The van der Waals surface area contributed by atoms with Crippen molar-refractivity contribution in [3.05, 3.63) is 36.0 Å². The molecule has 2 aromatic heterocycles. The van der Waals surface area contributed by atoms with Gasteiger partial charge in [0.05, 0.1) is 69.4 Å². The zero-order valence-electron chi connectivity index (χ0n) is 76.1. The molecule has 3 amide bonds. The van der Waals surface area contributed by atoms with Gasteiger partial charge in [-0.3, -0.25) is 73.4 Å². The van der Waals surface area contributed by atoms with Crippen LogP contribution < -0.4 is 32.3 Å². The van der Waals surface area contributed by atoms with Crippen molar-refractivity contribution < 1.29 is 183 Å². The number of phenolic OH excluding ortho intramolecular Hbond substituents is 2. The van der Waals surface area contributed by atoms with E-state index in [-0.39, 0.29) is 166 Å². The van der Waals surface area contributed by atoms with Gasteiger partial charge in [0, 0.05) is 68.2 Å². The molecule has 2 saturated heterocycles. The average molecular weight is 2090 g/mol. The fourth-order valence-electron chi connectivity index (χ4n) is 13.9. The molecule has 7 rings (SSSR count). The van der Waals surface area contributed by atoms with E-state index >= 15 is 0 Å². The summed E-state index contributed by atoms with van der Waals surface area (Å²) in [4.78, 5) is 147. The SMILES string of the molecule is CC(O)C1N=C(O)C(CCCN(O)C=O)N=C(O)C(N=C(O)C(CCCN(O)C=O)N=C(O)C(CO)N=C(O)C(CCCNC(=N)N)N=C(O)C(CO)N=C(O)C2CCNC3C(NC(=O)CCC(=O)SCCN=C(O)CCN=C(O)C(O)C(C)(C)COP(=O)(O)OP(=O)(O)OCC4OC(n5cnc6c(N)ncnc65)C(O)C4OP(=O)(O)O)=Cc4cc(O)c(O)cc4N23)CCCCN=C(O)C(C(C)O)N=C1O. The predicted octanol–water partition coefficient (Wildman–Crippen LogP) is -0.792. The van der Waals surface area contributed by atoms with E-state index in [0.717, 1.165) is 48.0 Å². The van der Waals surface area contributed by atoms with Crippen molar-refractivity contribution in [1.29, 1.82) is 5.41 Å². The number of nitrogen functional groups attached to an aromatic ring is 1. The molecule has 65 heteroatoms. The molecule has 4 aliphatic rings. The molecule has 33 N–H and O–H groups in total. The molecular weight excluding hydrogens is 1970 g/mol. The number of phosphoric acid groups is 3. The summed E-state index contributed by atoms with van der Waals surface area (Å²) in [6, 6.07) is -13.2. The fourth-order valence-corrected chi connectivity index (χ4v) is 17.4. The molecule has 1 aromatic carbocycles. The van der Waals surface area contributed by atoms with Crippen molar-refractivity contribution in [2.75, 3.05) is 88.6 Å². The first-order valence-electron chi connectivity index (χ1n) is 43.2. The number of carbonyl (C=O) groups excluding carboxylic acids is 4. The number of fused-ring (bicyclic) bond motifs is 4. The van der Waals surface area contributed by atoms with Gasteiger partial charge < -0.3 is 148 Å². The number of rotatable bonds is 51. The van der Waals surface area contributed by atoms with E-state index in [9.17, 15) is 160 Å². The number of nitrogens with two attached hydrogens (primary N) is 2. The Morgan fingerprint density at radius 1 is 0.745 bits per heavy atom. The minimum Gasteiger partial charge on any atom is -0.504 e. The number of aromatic hydroxyl groups is 2. The van der Waals surface area contributed by atoms with Crippen LogP contribution >= 0.6 is 35.2 Å². The summed E-state index contributed by atoms with van der Waals surface area (Å²) in [5, 5.41) is 248. The lowest BCUT2D eigenvalue weighted by molar-refractivity contribution is -0.150. The predicted molar refractivity (Wildman–Crippen MR) is 503 cm³/mol. The number of carbonyl (C=O) groups is 4. The summed E-state index contributed by atoms with van der Waals surface area (Å²) in [5.41, 5.74) is 9.92. The van der Waals surface area contributed by atoms with E-state index in [4.69, 9.17) is 30.7 Å². The zero-order valence-corrected chi connectivity index (χ0v) is 79.6. The molecule has 19 unspecified atom stereocenters. The summed E-state index contributed by atoms with van der Waals surface area (Å²) >= 11 is 0.738. The van der Waals surface area contributed by atoms with Crippen LogP contribution in [0.25, 0.3) is 17.2 Å². The van der Waals surface area contributed by atoms with Gasteiger partial charge in [-0.2, -0.15) is 4.31 Å². The van der Waals surface area contributed by atoms with Crippen molar-refractivity contribution in [1.82, 2.24) is 45.6 Å². The van der Waals surface area contributed by atoms with Gasteiger partial charge in [0.25, 0.3) is 0 Å². The van der Waals surface area contributed by atoms with Gasteiger partial charge in [0.1, 0.15) is 72.6 Å². The number of guanidine groups is 1. The first-order valence-corrected chi connectivity index (χ1v) is 48.7. The third-order valence-corrected chi connectivity index (χ3v) is 25.2. The van der Waals surface area contributed by atoms with Crippen LogP contribution in [0.4, 0.5) is 11.5 Å². The minimum atomic E-state index is -5.71. The third-order valence-electron chi connectivity index (χ3n) is 21.1. The molecule has 4 aliphatic heterocycles. The number of ether oxygens (including phenoxy) is 1. The van der Waals surface area contributed by atoms with E-state index in [1.165, 1.54) is 31.7 Å². The number of phenols is 2. The number of hydrogen-bond acceptors (Lipinski definition) is 41. The van der Waals surface area contributed by atoms with E-state index in [0.29, 0.717) is 0 Å². The van der Waals surface area contributed by atoms with E-state index in [1.54, 1.807) is 0 Å². The Labute approximate surface area is 805 Å². The smallest absolute Gasteiger partial charge is 0.481 e. The number of imidazole rings is 1. The Bertz CT molecular complexity index is 5310. The summed E-state index contributed by atoms with van der Waals surface area (Å²) < 4.78 is 63.1. The van der Waals surface area contributed by atoms with Crippen LogP contribution in [0.3, 0.4) is 0 Å². The van der Waals surface area contributed by atoms with Crippen LogP contribution in [0.5, 0.6) is 11.5 Å². The number of benzene rings is 1. The summed E-state index contributed by atoms with van der Waals surface area (Å²) in [6.07, 6.45) is -12.9. The first kappa shape index (κ1) is 117. The van der Waals surface area contributed by atoms with Gasteiger partial charge in [0.15, 0.2) is 70.3 Å². The molecule has 61 nitrogen and oxygen atoms in total. The summed E-state index contributed by atoms with van der Waals surface area (Å²) in [5.74, 6) is -13.0. The molecule has 6 heterocycles. The first-order chi connectivity index (χ1) is 66.3. The van der Waals surface area contributed by atoms with Crippen LogP contribution in [0.15, 0.2) is 85.4 Å². The standard InChI is InChI=1S/C76H119N24O37P3S/c1-37(105)55-71(121)82-18-6-5-10-40(64(114)90-43(13-9-24-98(125)36-104)67(117)95-56(38(2)106)72(122)96-55)89-65(115)42(12-8-23-97(124)35-103)92-68(118)45(29-101)93-66(116)41(11-7-19-84-75(78)79)91-69(119)46(30-102)94-70(120)47-16-20-81-62-44(26-39-27-49(107)50(108)28-48(39)100(47)62)88-53(110)14-15-54(111)141-25-22-80-52(109)17-21-83-73(123)60(113)76(3,4)32-134-140(131,132)137-139(129,130)133-31-51-59(136-138(126,127)128)58(112)74(135-51)99-34-87-57-61(77)85-33-86-63(57)99/h26-28,33-38,40-43,45-47,51,55-56,58-60,62,74,81,101-102,105-108,112-113,124-125H,5-25,29-32H2,1-4H3,(H,80,109)(H,82,121)(H,83,123)(H,88,110)(H,89,115)(H,90,114)(H,91,119)(H,92,118)(H,93,116)(H,94,120)(H,95,117)(H,96,122)(H,129,130)(H,131,132)(H2,77,85,86)(H4,78,79,84)(H2,126,127,128). The number of hydrogen-bond donors (Lipinski definition) is 31. The molecule has 141 heavy (non-hydrogen) atoms. The molecule has 19 atom stereocenters. The topological polar surface area (TPSA) is 973 Å². The number of nitrogens with zero attached hydrogens (tertiary/aromatic N) is 18. The molecule has 2 fully saturated rings. The number of amides is 3. The number of hydroxylamine groups is 4. The van der Waals surface area contributed by atoms with Crippen molar-refractivity contribution in [2.45, 2.75) is 215 Å². The zero-order chi connectivity index (χ0) is 105. The number of aliphatic hydroxyl groups is 17. The lowest BCUT2D eigenvalue weighted by Crippen LogP contribution is -2.63. The number of aromatic nitrogens is 4. The van der Waals surface area contributed by atoms with Crippen LogP contribution in [-0.4, -0.2) is 426 Å². The van der Waals surface area contributed by atoms with E-state index in [2.05, 4.69) is 94.7 Å². The molecule has 0 aliphatic carbocycles. The third kappa shape index (κ3) is 35.6. The highest BCUT2D eigenvalue weighted by Crippen LogP contribution is 2.61. The Morgan fingerprint density at radius 3 is 2.00 bits per heavy atom. The van der Waals surface area contributed by atoms with Gasteiger partial charge in [-0.25, -0.2) is 78.7 Å². The molecular formula is C76H119N24O37P3S. The van der Waals surface area contributed by atoms with Crippen molar-refractivity contribution in [3.8, 4) is 11.5 Å². The maximum absolute atomic E-state index is 13.7. The highest BCUT2D eigenvalue weighted by molar-refractivity contribution is 8.13. The Balaban J connectivity index is 0.995. The largest absolute Gasteiger partial charge is 0.504 e. The number of nitrogens with one attached hydrogen (secondary N) is 4. The second-order valence-corrected chi connectivity index (χ2v) is 38.0. The van der Waals surface area contributed by atoms with Gasteiger partial charge in [-0.1, -0.05) is 25.6 Å². The Hall–Kier alpha value is -11.5. The normalized spacial score (nSPS) is 23.4. The second-order valence-electron chi connectivity index (χ2n) is 32.6. The Morgan fingerprint density at radius 2 is 1.35 bits per heavy atom. The molecule has 0 spiro atoms. The molecule has 0 saturated carbocycles. The van der Waals surface area contributed by atoms with Gasteiger partial charge >= 0.3 is 23.5 Å².